The average molecular weight is 456 g/mol. The predicted octanol–water partition coefficient (Wildman–Crippen LogP) is 2.83. The molecule has 0 aliphatic rings. The van der Waals surface area contributed by atoms with Crippen molar-refractivity contribution < 1.29 is 23.8 Å². The van der Waals surface area contributed by atoms with Crippen LogP contribution in [-0.2, 0) is 17.8 Å². The molecule has 1 unspecified atom stereocenters. The quantitative estimate of drug-likeness (QED) is 0.488. The Morgan fingerprint density at radius 3 is 2.28 bits per heavy atom. The third-order valence-electron chi connectivity index (χ3n) is 4.76. The number of carbonyl (C=O) groups excluding carboxylic acids is 2. The van der Waals surface area contributed by atoms with E-state index >= 15 is 0 Å². The second-order valence-electron chi connectivity index (χ2n) is 6.83. The van der Waals surface area contributed by atoms with Gasteiger partial charge in [0.15, 0.2) is 11.5 Å². The van der Waals surface area contributed by atoms with Gasteiger partial charge in [0.1, 0.15) is 6.04 Å². The van der Waals surface area contributed by atoms with Crippen LogP contribution in [-0.4, -0.2) is 44.2 Å². The molecule has 1 aromatic heterocycles. The standard InChI is InChI=1S/C23H25N3O5S/c1-29-19-10-16(11-20(30-2)21(19)31-3)22(27)26-18(9-15-7-5-4-6-8-15)23(28)24-12-17-13-32-14-25-17/h4-8,10-11,13-14,18H,9,12H2,1-3H3,(H,24,28)(H,26,27). The SMILES string of the molecule is COc1cc(C(=O)NC(Cc2ccccc2)C(=O)NCc2cscn2)cc(OC)c1OC. The summed E-state index contributed by atoms with van der Waals surface area (Å²) in [5.41, 5.74) is 3.67. The molecule has 0 saturated heterocycles. The van der Waals surface area contributed by atoms with Crippen molar-refractivity contribution in [3.63, 3.8) is 0 Å². The van der Waals surface area contributed by atoms with Crippen molar-refractivity contribution in [2.45, 2.75) is 19.0 Å². The molecule has 0 aliphatic carbocycles. The summed E-state index contributed by atoms with van der Waals surface area (Å²) in [4.78, 5) is 30.2. The van der Waals surface area contributed by atoms with Crippen LogP contribution in [0.15, 0.2) is 53.4 Å². The summed E-state index contributed by atoms with van der Waals surface area (Å²) in [5.74, 6) is 0.346. The molecule has 0 bridgehead atoms. The number of aromatic nitrogens is 1. The Morgan fingerprint density at radius 1 is 1.03 bits per heavy atom. The highest BCUT2D eigenvalue weighted by atomic mass is 32.1. The maximum atomic E-state index is 13.1. The first-order valence-electron chi connectivity index (χ1n) is 9.85. The lowest BCUT2D eigenvalue weighted by molar-refractivity contribution is -0.123. The van der Waals surface area contributed by atoms with E-state index in [4.69, 9.17) is 14.2 Å². The molecular formula is C23H25N3O5S. The molecule has 2 amide bonds. The largest absolute Gasteiger partial charge is 0.493 e. The zero-order valence-corrected chi connectivity index (χ0v) is 18.9. The molecule has 8 nitrogen and oxygen atoms in total. The first kappa shape index (κ1) is 23.1. The topological polar surface area (TPSA) is 98.8 Å². The van der Waals surface area contributed by atoms with Gasteiger partial charge in [0.2, 0.25) is 11.7 Å². The number of thiazole rings is 1. The van der Waals surface area contributed by atoms with E-state index in [1.807, 2.05) is 35.7 Å². The molecule has 2 N–H and O–H groups in total. The number of ether oxygens (including phenoxy) is 3. The van der Waals surface area contributed by atoms with Crippen LogP contribution in [0.3, 0.4) is 0 Å². The Hall–Kier alpha value is -3.59. The van der Waals surface area contributed by atoms with E-state index in [1.165, 1.54) is 32.7 Å². The van der Waals surface area contributed by atoms with Gasteiger partial charge in [-0.3, -0.25) is 9.59 Å². The predicted molar refractivity (Wildman–Crippen MR) is 121 cm³/mol. The number of amides is 2. The highest BCUT2D eigenvalue weighted by Gasteiger charge is 2.24. The fourth-order valence-electron chi connectivity index (χ4n) is 3.14. The number of nitrogens with zero attached hydrogens (tertiary/aromatic N) is 1. The summed E-state index contributed by atoms with van der Waals surface area (Å²) in [6, 6.07) is 11.8. The van der Waals surface area contributed by atoms with Crippen molar-refractivity contribution >= 4 is 23.2 Å². The Morgan fingerprint density at radius 2 is 1.72 bits per heavy atom. The third kappa shape index (κ3) is 5.76. The Bertz CT molecular complexity index is 1020. The number of methoxy groups -OCH3 is 3. The molecule has 3 aromatic rings. The minimum atomic E-state index is -0.789. The highest BCUT2D eigenvalue weighted by Crippen LogP contribution is 2.38. The van der Waals surface area contributed by atoms with Crippen molar-refractivity contribution in [1.29, 1.82) is 0 Å². The van der Waals surface area contributed by atoms with Gasteiger partial charge < -0.3 is 24.8 Å². The molecule has 1 heterocycles. The fourth-order valence-corrected chi connectivity index (χ4v) is 3.70. The van der Waals surface area contributed by atoms with Crippen molar-refractivity contribution in [3.8, 4) is 17.2 Å². The first-order valence-corrected chi connectivity index (χ1v) is 10.8. The Kier molecular flexibility index (Phi) is 8.04. The van der Waals surface area contributed by atoms with Gasteiger partial charge in [-0.1, -0.05) is 30.3 Å². The van der Waals surface area contributed by atoms with Gasteiger partial charge in [-0.2, -0.15) is 0 Å². The van der Waals surface area contributed by atoms with E-state index in [2.05, 4.69) is 15.6 Å². The maximum absolute atomic E-state index is 13.1. The van der Waals surface area contributed by atoms with Gasteiger partial charge in [0.25, 0.3) is 5.91 Å². The molecule has 0 radical (unpaired) electrons. The molecule has 3 rings (SSSR count). The van der Waals surface area contributed by atoms with Crippen LogP contribution in [0, 0.1) is 0 Å². The van der Waals surface area contributed by atoms with Crippen LogP contribution < -0.4 is 24.8 Å². The summed E-state index contributed by atoms with van der Waals surface area (Å²) in [7, 11) is 4.44. The lowest BCUT2D eigenvalue weighted by Gasteiger charge is -2.19. The van der Waals surface area contributed by atoms with Crippen molar-refractivity contribution in [2.24, 2.45) is 0 Å². The number of hydrogen-bond acceptors (Lipinski definition) is 7. The lowest BCUT2D eigenvalue weighted by Crippen LogP contribution is -2.47. The van der Waals surface area contributed by atoms with E-state index in [-0.39, 0.29) is 18.0 Å². The summed E-state index contributed by atoms with van der Waals surface area (Å²) < 4.78 is 16.0. The monoisotopic (exact) mass is 455 g/mol. The first-order chi connectivity index (χ1) is 15.5. The number of hydrogen-bond donors (Lipinski definition) is 2. The van der Waals surface area contributed by atoms with Gasteiger partial charge in [-0.05, 0) is 17.7 Å². The summed E-state index contributed by atoms with van der Waals surface area (Å²) in [6.45, 7) is 0.285. The van der Waals surface area contributed by atoms with Crippen LogP contribution in [0.4, 0.5) is 0 Å². The van der Waals surface area contributed by atoms with Crippen LogP contribution in [0.25, 0.3) is 0 Å². The normalized spacial score (nSPS) is 11.3. The number of nitrogens with one attached hydrogen (secondary N) is 2. The van der Waals surface area contributed by atoms with Crippen LogP contribution in [0.1, 0.15) is 21.6 Å². The second-order valence-corrected chi connectivity index (χ2v) is 7.55. The molecule has 32 heavy (non-hydrogen) atoms. The zero-order valence-electron chi connectivity index (χ0n) is 18.1. The second kappa shape index (κ2) is 11.1. The van der Waals surface area contributed by atoms with E-state index in [0.717, 1.165) is 11.3 Å². The molecule has 9 heteroatoms. The van der Waals surface area contributed by atoms with Gasteiger partial charge in [-0.25, -0.2) is 4.98 Å². The highest BCUT2D eigenvalue weighted by molar-refractivity contribution is 7.07. The van der Waals surface area contributed by atoms with Crippen LogP contribution in [0.2, 0.25) is 0 Å². The number of carbonyl (C=O) groups is 2. The minimum absolute atomic E-state index is 0.282. The van der Waals surface area contributed by atoms with Crippen molar-refractivity contribution in [1.82, 2.24) is 15.6 Å². The third-order valence-corrected chi connectivity index (χ3v) is 5.39. The summed E-state index contributed by atoms with van der Waals surface area (Å²) in [6.07, 6.45) is 0.333. The minimum Gasteiger partial charge on any atom is -0.493 e. The van der Waals surface area contributed by atoms with Crippen molar-refractivity contribution in [2.75, 3.05) is 21.3 Å². The van der Waals surface area contributed by atoms with E-state index in [0.29, 0.717) is 23.7 Å². The van der Waals surface area contributed by atoms with Gasteiger partial charge >= 0.3 is 0 Å². The molecule has 168 valence electrons. The molecule has 0 spiro atoms. The molecule has 0 saturated carbocycles. The van der Waals surface area contributed by atoms with Crippen LogP contribution >= 0.6 is 11.3 Å². The molecule has 0 aliphatic heterocycles. The summed E-state index contributed by atoms with van der Waals surface area (Å²) in [5, 5.41) is 7.54. The Balaban J connectivity index is 1.81. The molecule has 1 atom stereocenters. The van der Waals surface area contributed by atoms with E-state index in [9.17, 15) is 9.59 Å². The molecule has 0 fully saturated rings. The Labute approximate surface area is 190 Å². The van der Waals surface area contributed by atoms with Gasteiger partial charge in [0.05, 0.1) is 39.1 Å². The lowest BCUT2D eigenvalue weighted by atomic mass is 10.0. The van der Waals surface area contributed by atoms with Gasteiger partial charge in [-0.15, -0.1) is 11.3 Å². The number of benzene rings is 2. The van der Waals surface area contributed by atoms with Crippen molar-refractivity contribution in [3.05, 3.63) is 70.2 Å². The average Bonchev–Trinajstić information content (AvgIpc) is 3.35. The van der Waals surface area contributed by atoms with Gasteiger partial charge in [0, 0.05) is 17.4 Å². The van der Waals surface area contributed by atoms with E-state index in [1.54, 1.807) is 17.6 Å². The maximum Gasteiger partial charge on any atom is 0.252 e. The smallest absolute Gasteiger partial charge is 0.252 e. The summed E-state index contributed by atoms with van der Waals surface area (Å²) >= 11 is 1.45. The fraction of sp³-hybridized carbons (Fsp3) is 0.261. The van der Waals surface area contributed by atoms with Crippen LogP contribution in [0.5, 0.6) is 17.2 Å². The number of rotatable bonds is 10. The van der Waals surface area contributed by atoms with E-state index < -0.39 is 11.9 Å². The molecule has 2 aromatic carbocycles. The zero-order chi connectivity index (χ0) is 22.9. The molecular weight excluding hydrogens is 430 g/mol.